The zero-order valence-electron chi connectivity index (χ0n) is 15.5. The summed E-state index contributed by atoms with van der Waals surface area (Å²) in [7, 11) is -0.114. The van der Waals surface area contributed by atoms with Crippen LogP contribution >= 0.6 is 8.37 Å². The Bertz CT molecular complexity index is 327. The Morgan fingerprint density at radius 1 is 0.636 bits per heavy atom. The van der Waals surface area contributed by atoms with Gasteiger partial charge < -0.3 is 0 Å². The molecule has 128 valence electrons. The average molecular weight is 325 g/mol. The summed E-state index contributed by atoms with van der Waals surface area (Å²) in [5.74, 6) is 2.52. The van der Waals surface area contributed by atoms with Gasteiger partial charge in [-0.05, 0) is 37.0 Å². The van der Waals surface area contributed by atoms with Crippen LogP contribution in [0.25, 0.3) is 0 Å². The van der Waals surface area contributed by atoms with Gasteiger partial charge in [-0.25, -0.2) is 0 Å². The van der Waals surface area contributed by atoms with E-state index in [0.29, 0.717) is 0 Å². The van der Waals surface area contributed by atoms with Crippen LogP contribution in [0.1, 0.15) is 60.8 Å². The summed E-state index contributed by atoms with van der Waals surface area (Å²) in [6, 6.07) is 2.64. The first-order valence-corrected chi connectivity index (χ1v) is 10.7. The minimum Gasteiger partial charge on any atom is -0.251 e. The first-order valence-electron chi connectivity index (χ1n) is 9.46. The quantitative estimate of drug-likeness (QED) is 0.459. The molecule has 3 heterocycles. The average Bonchev–Trinajstić information content (AvgIpc) is 3.22. The molecule has 3 rings (SSSR count). The van der Waals surface area contributed by atoms with Crippen LogP contribution in [0, 0.1) is 17.8 Å². The molecule has 6 atom stereocenters. The standard InChI is InChI=1S/C18H36N3P/c1-13(2)7-16-10-19(16)22(20-11-17(20)8-14(3)4)21-12-18(21)9-15(5)6/h13-18H,7-12H2,1-6H3/t16-,17-,18+,19?,20?,21?,22?/m0/s1. The number of nitrogens with zero attached hydrogens (tertiary/aromatic N) is 3. The molecular weight excluding hydrogens is 289 g/mol. The van der Waals surface area contributed by atoms with Gasteiger partial charge in [0.05, 0.1) is 0 Å². The predicted molar refractivity (Wildman–Crippen MR) is 96.8 cm³/mol. The van der Waals surface area contributed by atoms with Crippen molar-refractivity contribution >= 4 is 8.37 Å². The molecule has 0 bridgehead atoms. The van der Waals surface area contributed by atoms with Crippen LogP contribution in [0.2, 0.25) is 0 Å². The van der Waals surface area contributed by atoms with Gasteiger partial charge in [-0.2, -0.15) is 0 Å². The monoisotopic (exact) mass is 325 g/mol. The van der Waals surface area contributed by atoms with Gasteiger partial charge in [0.2, 0.25) is 0 Å². The van der Waals surface area contributed by atoms with Crippen LogP contribution in [0.15, 0.2) is 0 Å². The van der Waals surface area contributed by atoms with Gasteiger partial charge in [0.15, 0.2) is 0 Å². The maximum absolute atomic E-state index is 2.84. The molecule has 0 spiro atoms. The first-order chi connectivity index (χ1) is 10.4. The third-order valence-corrected chi connectivity index (χ3v) is 7.83. The predicted octanol–water partition coefficient (Wildman–Crippen LogP) is 4.40. The van der Waals surface area contributed by atoms with E-state index in [2.05, 4.69) is 55.6 Å². The highest BCUT2D eigenvalue weighted by Crippen LogP contribution is 2.65. The van der Waals surface area contributed by atoms with E-state index < -0.39 is 0 Å². The van der Waals surface area contributed by atoms with Crippen LogP contribution in [-0.4, -0.2) is 51.8 Å². The highest BCUT2D eigenvalue weighted by Gasteiger charge is 2.57. The van der Waals surface area contributed by atoms with E-state index in [1.165, 1.54) is 38.9 Å². The SMILES string of the molecule is CC(C)C[C@@H]1CN1P(N1C[C@@H]1CC(C)C)N1C[C@@H]1CC(C)C. The van der Waals surface area contributed by atoms with Crippen molar-refractivity contribution in [3.05, 3.63) is 0 Å². The van der Waals surface area contributed by atoms with Crippen molar-refractivity contribution in [1.82, 2.24) is 14.0 Å². The Balaban J connectivity index is 1.57. The van der Waals surface area contributed by atoms with Crippen molar-refractivity contribution in [2.75, 3.05) is 19.6 Å². The van der Waals surface area contributed by atoms with Crippen molar-refractivity contribution in [1.29, 1.82) is 0 Å². The van der Waals surface area contributed by atoms with Gasteiger partial charge in [-0.1, -0.05) is 41.5 Å². The Morgan fingerprint density at radius 2 is 0.909 bits per heavy atom. The fourth-order valence-electron chi connectivity index (χ4n) is 3.83. The maximum atomic E-state index is 2.84. The lowest BCUT2D eigenvalue weighted by atomic mass is 10.1. The molecule has 0 aromatic rings. The normalized spacial score (nSPS) is 41.3. The molecule has 0 radical (unpaired) electrons. The van der Waals surface area contributed by atoms with Crippen molar-refractivity contribution < 1.29 is 0 Å². The first kappa shape index (κ1) is 17.1. The second-order valence-corrected chi connectivity index (χ2v) is 11.1. The molecule has 0 aromatic heterocycles. The van der Waals surface area contributed by atoms with E-state index in [1.807, 2.05) is 0 Å². The van der Waals surface area contributed by atoms with E-state index in [9.17, 15) is 0 Å². The zero-order chi connectivity index (χ0) is 16.0. The second-order valence-electron chi connectivity index (χ2n) is 8.98. The van der Waals surface area contributed by atoms with Crippen molar-refractivity contribution in [2.45, 2.75) is 78.9 Å². The van der Waals surface area contributed by atoms with Crippen LogP contribution in [-0.2, 0) is 0 Å². The molecule has 0 amide bonds. The minimum absolute atomic E-state index is 0.114. The van der Waals surface area contributed by atoms with E-state index in [-0.39, 0.29) is 8.37 Å². The lowest BCUT2D eigenvalue weighted by Crippen LogP contribution is -2.14. The lowest BCUT2D eigenvalue weighted by Gasteiger charge is -2.24. The Hall–Kier alpha value is 0.310. The summed E-state index contributed by atoms with van der Waals surface area (Å²) >= 11 is 0. The topological polar surface area (TPSA) is 9.03 Å². The third kappa shape index (κ3) is 4.23. The van der Waals surface area contributed by atoms with Crippen LogP contribution in [0.3, 0.4) is 0 Å². The molecule has 3 unspecified atom stereocenters. The van der Waals surface area contributed by atoms with Crippen LogP contribution in [0.4, 0.5) is 0 Å². The molecule has 3 aliphatic heterocycles. The van der Waals surface area contributed by atoms with Gasteiger partial charge in [0, 0.05) is 37.8 Å². The number of hydrogen-bond acceptors (Lipinski definition) is 3. The molecule has 0 saturated carbocycles. The minimum atomic E-state index is -0.114. The molecule has 3 nitrogen and oxygen atoms in total. The van der Waals surface area contributed by atoms with E-state index >= 15 is 0 Å². The van der Waals surface area contributed by atoms with Gasteiger partial charge in [-0.15, -0.1) is 0 Å². The zero-order valence-corrected chi connectivity index (χ0v) is 16.4. The van der Waals surface area contributed by atoms with Gasteiger partial charge in [0.25, 0.3) is 0 Å². The molecule has 0 aliphatic carbocycles. The van der Waals surface area contributed by atoms with E-state index in [0.717, 1.165) is 35.9 Å². The summed E-state index contributed by atoms with van der Waals surface area (Å²) in [6.07, 6.45) is 4.18. The summed E-state index contributed by atoms with van der Waals surface area (Å²) in [5.41, 5.74) is 0. The summed E-state index contributed by atoms with van der Waals surface area (Å²) < 4.78 is 8.53. The molecule has 4 heteroatoms. The summed E-state index contributed by atoms with van der Waals surface area (Å²) in [5, 5.41) is 0. The largest absolute Gasteiger partial charge is 0.251 e. The van der Waals surface area contributed by atoms with Crippen LogP contribution < -0.4 is 0 Å². The van der Waals surface area contributed by atoms with Crippen molar-refractivity contribution in [3.63, 3.8) is 0 Å². The van der Waals surface area contributed by atoms with Crippen LogP contribution in [0.5, 0.6) is 0 Å². The molecule has 3 fully saturated rings. The Kier molecular flexibility index (Phi) is 5.20. The van der Waals surface area contributed by atoms with Gasteiger partial charge in [-0.3, -0.25) is 14.0 Å². The smallest absolute Gasteiger partial charge is 0.121 e. The number of hydrogen-bond donors (Lipinski definition) is 0. The van der Waals surface area contributed by atoms with E-state index in [1.54, 1.807) is 0 Å². The maximum Gasteiger partial charge on any atom is 0.121 e. The second kappa shape index (κ2) is 6.67. The lowest BCUT2D eigenvalue weighted by molar-refractivity contribution is 0.500. The van der Waals surface area contributed by atoms with Crippen molar-refractivity contribution in [2.24, 2.45) is 17.8 Å². The molecule has 0 aromatic carbocycles. The van der Waals surface area contributed by atoms with E-state index in [4.69, 9.17) is 0 Å². The molecule has 22 heavy (non-hydrogen) atoms. The number of rotatable bonds is 9. The molecule has 3 aliphatic rings. The molecule has 0 N–H and O–H groups in total. The molecular formula is C18H36N3P. The highest BCUT2D eigenvalue weighted by molar-refractivity contribution is 7.51. The third-order valence-electron chi connectivity index (χ3n) is 4.98. The molecule has 3 saturated heterocycles. The summed E-state index contributed by atoms with van der Waals surface area (Å²) in [6.45, 7) is 18.3. The van der Waals surface area contributed by atoms with Gasteiger partial charge in [0.1, 0.15) is 8.37 Å². The van der Waals surface area contributed by atoms with Crippen molar-refractivity contribution in [3.8, 4) is 0 Å². The summed E-state index contributed by atoms with van der Waals surface area (Å²) in [4.78, 5) is 0. The fraction of sp³-hybridized carbons (Fsp3) is 1.00. The fourth-order valence-corrected chi connectivity index (χ4v) is 6.88. The van der Waals surface area contributed by atoms with Gasteiger partial charge >= 0.3 is 0 Å². The Morgan fingerprint density at radius 3 is 1.14 bits per heavy atom. The Labute approximate surface area is 139 Å². The highest BCUT2D eigenvalue weighted by atomic mass is 31.2.